The third-order valence-corrected chi connectivity index (χ3v) is 4.15. The van der Waals surface area contributed by atoms with Crippen molar-refractivity contribution in [3.8, 4) is 0 Å². The van der Waals surface area contributed by atoms with Gasteiger partial charge in [-0.25, -0.2) is 0 Å². The fourth-order valence-corrected chi connectivity index (χ4v) is 3.16. The molecule has 2 atom stereocenters. The zero-order chi connectivity index (χ0) is 10.7. The van der Waals surface area contributed by atoms with Gasteiger partial charge < -0.3 is 15.3 Å². The van der Waals surface area contributed by atoms with Crippen LogP contribution in [-0.4, -0.2) is 54.1 Å². The molecule has 0 unspecified atom stereocenters. The maximum Gasteiger partial charge on any atom is 0.0558 e. The Labute approximate surface area is 97.6 Å². The summed E-state index contributed by atoms with van der Waals surface area (Å²) in [5, 5.41) is 13.0. The Morgan fingerprint density at radius 2 is 2.07 bits per heavy atom. The lowest BCUT2D eigenvalue weighted by molar-refractivity contribution is 0.135. The average Bonchev–Trinajstić information content (AvgIpc) is 2.67. The Morgan fingerprint density at radius 1 is 1.33 bits per heavy atom. The lowest BCUT2D eigenvalue weighted by atomic mass is 9.88. The molecule has 0 bridgehead atoms. The molecule has 88 valence electrons. The van der Waals surface area contributed by atoms with Crippen molar-refractivity contribution in [3.63, 3.8) is 0 Å². The Bertz CT molecular complexity index is 195. The molecule has 15 heavy (non-hydrogen) atoms. The number of β-amino-alcohol motifs (C(OH)–C–C–N with tert-alkyl or cyclic N) is 1. The van der Waals surface area contributed by atoms with E-state index in [1.54, 1.807) is 0 Å². The first kappa shape index (κ1) is 11.7. The van der Waals surface area contributed by atoms with E-state index in [9.17, 15) is 0 Å². The first-order valence-corrected chi connectivity index (χ1v) is 6.56. The second kappa shape index (κ2) is 5.53. The van der Waals surface area contributed by atoms with Gasteiger partial charge in [0.25, 0.3) is 0 Å². The average molecular weight is 230 g/mol. The third-order valence-electron chi connectivity index (χ3n) is 3.76. The van der Waals surface area contributed by atoms with Crippen LogP contribution in [0, 0.1) is 5.92 Å². The lowest BCUT2D eigenvalue weighted by Crippen LogP contribution is -2.41. The minimum Gasteiger partial charge on any atom is -0.395 e. The van der Waals surface area contributed by atoms with E-state index in [-0.39, 0.29) is 0 Å². The number of hydrogen-bond donors (Lipinski definition) is 3. The van der Waals surface area contributed by atoms with Crippen LogP contribution < -0.4 is 5.32 Å². The topological polar surface area (TPSA) is 35.5 Å². The quantitative estimate of drug-likeness (QED) is 0.612. The van der Waals surface area contributed by atoms with E-state index in [4.69, 9.17) is 5.11 Å². The Hall–Kier alpha value is 0.230. The summed E-state index contributed by atoms with van der Waals surface area (Å²) in [6.45, 7) is 4.52. The van der Waals surface area contributed by atoms with Crippen LogP contribution in [0.3, 0.4) is 0 Å². The molecule has 0 spiro atoms. The molecule has 2 aliphatic heterocycles. The Balaban J connectivity index is 1.73. The van der Waals surface area contributed by atoms with Crippen LogP contribution in [0.2, 0.25) is 0 Å². The molecule has 0 aromatic rings. The van der Waals surface area contributed by atoms with Gasteiger partial charge in [0, 0.05) is 24.4 Å². The van der Waals surface area contributed by atoms with Crippen molar-refractivity contribution in [1.82, 2.24) is 10.2 Å². The molecule has 3 nitrogen and oxygen atoms in total. The zero-order valence-corrected chi connectivity index (χ0v) is 10.1. The summed E-state index contributed by atoms with van der Waals surface area (Å²) in [6.07, 6.45) is 3.78. The molecule has 2 rings (SSSR count). The number of piperidine rings is 1. The van der Waals surface area contributed by atoms with E-state index in [0.29, 0.717) is 17.9 Å². The van der Waals surface area contributed by atoms with Gasteiger partial charge in [-0.3, -0.25) is 0 Å². The van der Waals surface area contributed by atoms with E-state index < -0.39 is 0 Å². The van der Waals surface area contributed by atoms with E-state index >= 15 is 0 Å². The second-order valence-electron chi connectivity index (χ2n) is 4.81. The van der Waals surface area contributed by atoms with E-state index in [1.807, 2.05) is 0 Å². The predicted octanol–water partition coefficient (Wildman–Crippen LogP) is 0.351. The van der Waals surface area contributed by atoms with Crippen LogP contribution in [0.4, 0.5) is 0 Å². The van der Waals surface area contributed by atoms with Crippen molar-refractivity contribution < 1.29 is 5.11 Å². The van der Waals surface area contributed by atoms with Crippen LogP contribution in [-0.2, 0) is 0 Å². The number of hydrogen-bond acceptors (Lipinski definition) is 4. The van der Waals surface area contributed by atoms with Gasteiger partial charge in [-0.2, -0.15) is 12.6 Å². The number of nitrogens with one attached hydrogen (secondary N) is 1. The molecule has 2 heterocycles. The van der Waals surface area contributed by atoms with Gasteiger partial charge in [-0.1, -0.05) is 0 Å². The van der Waals surface area contributed by atoms with Crippen LogP contribution in [0.5, 0.6) is 0 Å². The molecule has 0 radical (unpaired) electrons. The number of aliphatic hydroxyl groups is 1. The Kier molecular flexibility index (Phi) is 4.31. The molecule has 0 aromatic carbocycles. The molecule has 0 aromatic heterocycles. The minimum atomic E-state index is 0.297. The molecular weight excluding hydrogens is 208 g/mol. The summed E-state index contributed by atoms with van der Waals surface area (Å²) in [5.74, 6) is 0.831. The van der Waals surface area contributed by atoms with Crippen LogP contribution in [0.25, 0.3) is 0 Å². The minimum absolute atomic E-state index is 0.297. The van der Waals surface area contributed by atoms with Crippen molar-refractivity contribution in [2.45, 2.75) is 30.6 Å². The highest BCUT2D eigenvalue weighted by molar-refractivity contribution is 7.81. The van der Waals surface area contributed by atoms with Gasteiger partial charge in [-0.05, 0) is 38.3 Å². The number of thiol groups is 1. The fourth-order valence-electron chi connectivity index (χ4n) is 2.83. The highest BCUT2D eigenvalue weighted by atomic mass is 32.1. The predicted molar refractivity (Wildman–Crippen MR) is 65.4 cm³/mol. The lowest BCUT2D eigenvalue weighted by Gasteiger charge is -2.34. The first-order valence-electron chi connectivity index (χ1n) is 6.04. The molecule has 4 heteroatoms. The maximum atomic E-state index is 8.87. The van der Waals surface area contributed by atoms with Gasteiger partial charge in [0.15, 0.2) is 0 Å². The standard InChI is InChI=1S/C11H22N2OS/c14-6-5-13-3-1-9(2-4-13)11-7-10(15)8-12-11/h9-12,14-15H,1-8H2/t10-,11-/m0/s1. The molecule has 2 N–H and O–H groups in total. The molecule has 2 aliphatic rings. The molecular formula is C11H22N2OS. The largest absolute Gasteiger partial charge is 0.395 e. The number of likely N-dealkylation sites (tertiary alicyclic amines) is 1. The monoisotopic (exact) mass is 230 g/mol. The number of rotatable bonds is 3. The molecule has 2 saturated heterocycles. The van der Waals surface area contributed by atoms with Crippen molar-refractivity contribution in [3.05, 3.63) is 0 Å². The molecule has 0 amide bonds. The highest BCUT2D eigenvalue weighted by Gasteiger charge is 2.30. The zero-order valence-electron chi connectivity index (χ0n) is 9.23. The van der Waals surface area contributed by atoms with Gasteiger partial charge >= 0.3 is 0 Å². The Morgan fingerprint density at radius 3 is 2.60 bits per heavy atom. The first-order chi connectivity index (χ1) is 7.29. The summed E-state index contributed by atoms with van der Waals surface area (Å²) in [5.41, 5.74) is 0. The van der Waals surface area contributed by atoms with Crippen molar-refractivity contribution in [1.29, 1.82) is 0 Å². The summed E-state index contributed by atoms with van der Waals surface area (Å²) >= 11 is 4.52. The molecule has 0 saturated carbocycles. The van der Waals surface area contributed by atoms with Crippen LogP contribution in [0.15, 0.2) is 0 Å². The smallest absolute Gasteiger partial charge is 0.0558 e. The number of aliphatic hydroxyl groups excluding tert-OH is 1. The second-order valence-corrected chi connectivity index (χ2v) is 5.54. The van der Waals surface area contributed by atoms with Gasteiger partial charge in [-0.15, -0.1) is 0 Å². The normalized spacial score (nSPS) is 34.8. The number of nitrogens with zero attached hydrogens (tertiary/aromatic N) is 1. The molecule has 0 aliphatic carbocycles. The van der Waals surface area contributed by atoms with Crippen LogP contribution >= 0.6 is 12.6 Å². The summed E-state index contributed by atoms with van der Waals surface area (Å²) in [6, 6.07) is 0.698. The summed E-state index contributed by atoms with van der Waals surface area (Å²) in [4.78, 5) is 2.36. The van der Waals surface area contributed by atoms with Crippen molar-refractivity contribution >= 4 is 12.6 Å². The van der Waals surface area contributed by atoms with E-state index in [2.05, 4.69) is 22.8 Å². The fraction of sp³-hybridized carbons (Fsp3) is 1.00. The van der Waals surface area contributed by atoms with Gasteiger partial charge in [0.2, 0.25) is 0 Å². The third kappa shape index (κ3) is 3.09. The van der Waals surface area contributed by atoms with Crippen molar-refractivity contribution in [2.24, 2.45) is 5.92 Å². The van der Waals surface area contributed by atoms with Gasteiger partial charge in [0.1, 0.15) is 0 Å². The van der Waals surface area contributed by atoms with Crippen LogP contribution in [0.1, 0.15) is 19.3 Å². The highest BCUT2D eigenvalue weighted by Crippen LogP contribution is 2.26. The molecule has 2 fully saturated rings. The summed E-state index contributed by atoms with van der Waals surface area (Å²) < 4.78 is 0. The van der Waals surface area contributed by atoms with Gasteiger partial charge in [0.05, 0.1) is 6.61 Å². The van der Waals surface area contributed by atoms with Crippen molar-refractivity contribution in [2.75, 3.05) is 32.8 Å². The van der Waals surface area contributed by atoms with E-state index in [0.717, 1.165) is 32.1 Å². The summed E-state index contributed by atoms with van der Waals surface area (Å²) in [7, 11) is 0. The van der Waals surface area contributed by atoms with E-state index in [1.165, 1.54) is 19.3 Å². The maximum absolute atomic E-state index is 8.87. The SMILES string of the molecule is OCCN1CCC([C@@H]2C[C@H](S)CN2)CC1.